The molecule has 36 heavy (non-hydrogen) atoms. The number of benzene rings is 1. The van der Waals surface area contributed by atoms with Gasteiger partial charge in [-0.1, -0.05) is 12.1 Å². The van der Waals surface area contributed by atoms with Crippen LogP contribution in [0.5, 0.6) is 0 Å². The third-order valence-corrected chi connectivity index (χ3v) is 9.39. The second-order valence-electron chi connectivity index (χ2n) is 10.7. The summed E-state index contributed by atoms with van der Waals surface area (Å²) in [5.74, 6) is 0.571. The van der Waals surface area contributed by atoms with Crippen molar-refractivity contribution in [3.8, 4) is 0 Å². The van der Waals surface area contributed by atoms with E-state index in [4.69, 9.17) is 0 Å². The van der Waals surface area contributed by atoms with Gasteiger partial charge in [0, 0.05) is 43.2 Å². The molecule has 2 saturated heterocycles. The Morgan fingerprint density at radius 3 is 2.83 bits per heavy atom. The lowest BCUT2D eigenvalue weighted by Gasteiger charge is -2.39. The zero-order chi connectivity index (χ0) is 25.2. The summed E-state index contributed by atoms with van der Waals surface area (Å²) in [7, 11) is 1.87. The number of nitrogens with one attached hydrogen (secondary N) is 3. The van der Waals surface area contributed by atoms with E-state index >= 15 is 0 Å². The maximum Gasteiger partial charge on any atom is 0.265 e. The lowest BCUT2D eigenvalue weighted by molar-refractivity contribution is -0.135. The summed E-state index contributed by atoms with van der Waals surface area (Å²) >= 11 is 1.64. The van der Waals surface area contributed by atoms with Crippen LogP contribution in [0.1, 0.15) is 69.3 Å². The van der Waals surface area contributed by atoms with Crippen LogP contribution in [0.25, 0.3) is 0 Å². The Morgan fingerprint density at radius 1 is 1.25 bits per heavy atom. The van der Waals surface area contributed by atoms with Crippen molar-refractivity contribution < 1.29 is 14.7 Å². The van der Waals surface area contributed by atoms with Crippen LogP contribution < -0.4 is 16.0 Å². The van der Waals surface area contributed by atoms with Gasteiger partial charge in [-0.3, -0.25) is 14.9 Å². The highest BCUT2D eigenvalue weighted by Gasteiger charge is 2.35. The number of anilines is 1. The maximum absolute atomic E-state index is 13.1. The van der Waals surface area contributed by atoms with Crippen molar-refractivity contribution in [3.05, 3.63) is 50.7 Å². The topological polar surface area (TPSA) is 93.7 Å². The third kappa shape index (κ3) is 5.37. The fourth-order valence-corrected chi connectivity index (χ4v) is 7.13. The smallest absolute Gasteiger partial charge is 0.265 e. The van der Waals surface area contributed by atoms with Crippen LogP contribution >= 0.6 is 11.3 Å². The van der Waals surface area contributed by atoms with Crippen molar-refractivity contribution in [1.82, 2.24) is 15.5 Å². The average Bonchev–Trinajstić information content (AvgIpc) is 3.33. The first-order chi connectivity index (χ1) is 17.4. The molecule has 0 radical (unpaired) electrons. The van der Waals surface area contributed by atoms with Gasteiger partial charge in [-0.15, -0.1) is 11.3 Å². The van der Waals surface area contributed by atoms with E-state index in [0.717, 1.165) is 54.8 Å². The largest absolute Gasteiger partial charge is 0.396 e. The second kappa shape index (κ2) is 11.0. The number of amides is 2. The molecule has 1 aliphatic carbocycles. The Bertz CT molecular complexity index is 1080. The number of thiophene rings is 1. The molecule has 4 unspecified atom stereocenters. The van der Waals surface area contributed by atoms with E-state index in [2.05, 4.69) is 35.0 Å². The maximum atomic E-state index is 13.1. The standard InChI is InChI=1S/C28H38N4O3S/c1-17-21(7-5-8-22(17)31-27(34)25-13-19-6-3-4-9-24(19)36-25)20-12-23(28(35)32(2)15-20)30-26-11-10-18(16-33)14-29-26/h5,7-8,13,18,20,23,26,29-30,33H,3-4,6,9-12,14-16H2,1-2H3,(H,31,34). The molecule has 2 amide bonds. The number of hydrogen-bond acceptors (Lipinski definition) is 6. The molecule has 2 aromatic rings. The van der Waals surface area contributed by atoms with Gasteiger partial charge >= 0.3 is 0 Å². The normalized spacial score (nSPS) is 26.5. The highest BCUT2D eigenvalue weighted by Crippen LogP contribution is 2.34. The van der Waals surface area contributed by atoms with Gasteiger partial charge in [0.1, 0.15) is 0 Å². The highest BCUT2D eigenvalue weighted by molar-refractivity contribution is 7.14. The minimum Gasteiger partial charge on any atom is -0.396 e. The van der Waals surface area contributed by atoms with Crippen molar-refractivity contribution in [1.29, 1.82) is 0 Å². The number of piperidine rings is 2. The Hall–Kier alpha value is -2.26. The summed E-state index contributed by atoms with van der Waals surface area (Å²) in [6.45, 7) is 3.70. The number of carbonyl (C=O) groups excluding carboxylic acids is 2. The molecule has 2 aliphatic heterocycles. The first-order valence-corrected chi connectivity index (χ1v) is 14.1. The van der Waals surface area contributed by atoms with Crippen LogP contribution in [0.4, 0.5) is 5.69 Å². The number of likely N-dealkylation sites (tertiary alicyclic amines) is 1. The fraction of sp³-hybridized carbons (Fsp3) is 0.571. The third-order valence-electron chi connectivity index (χ3n) is 8.15. The number of aliphatic hydroxyl groups is 1. The zero-order valence-corrected chi connectivity index (χ0v) is 22.1. The van der Waals surface area contributed by atoms with Gasteiger partial charge in [-0.05, 0) is 86.6 Å². The Balaban J connectivity index is 1.28. The predicted octanol–water partition coefficient (Wildman–Crippen LogP) is 3.41. The van der Waals surface area contributed by atoms with Crippen molar-refractivity contribution in [2.75, 3.05) is 32.1 Å². The van der Waals surface area contributed by atoms with Gasteiger partial charge in [0.05, 0.1) is 17.1 Å². The minimum atomic E-state index is -0.257. The number of carbonyl (C=O) groups is 2. The number of nitrogens with zero attached hydrogens (tertiary/aromatic N) is 1. The Kier molecular flexibility index (Phi) is 7.76. The van der Waals surface area contributed by atoms with E-state index in [9.17, 15) is 14.7 Å². The zero-order valence-electron chi connectivity index (χ0n) is 21.3. The van der Waals surface area contributed by atoms with Crippen molar-refractivity contribution in [2.45, 2.75) is 70.0 Å². The molecular formula is C28H38N4O3S. The van der Waals surface area contributed by atoms with Gasteiger partial charge < -0.3 is 20.6 Å². The lowest BCUT2D eigenvalue weighted by Crippen LogP contribution is -2.58. The summed E-state index contributed by atoms with van der Waals surface area (Å²) in [4.78, 5) is 30.1. The monoisotopic (exact) mass is 510 g/mol. The number of likely N-dealkylation sites (N-methyl/N-ethyl adjacent to an activating group) is 1. The number of hydrogen-bond donors (Lipinski definition) is 4. The molecule has 0 bridgehead atoms. The number of rotatable bonds is 6. The van der Waals surface area contributed by atoms with Gasteiger partial charge in [0.25, 0.3) is 5.91 Å². The molecule has 4 N–H and O–H groups in total. The van der Waals surface area contributed by atoms with Crippen molar-refractivity contribution in [2.24, 2.45) is 5.92 Å². The van der Waals surface area contributed by atoms with Gasteiger partial charge in [0.2, 0.25) is 5.91 Å². The molecule has 0 saturated carbocycles. The van der Waals surface area contributed by atoms with E-state index in [1.807, 2.05) is 24.1 Å². The van der Waals surface area contributed by atoms with Gasteiger partial charge in [0.15, 0.2) is 0 Å². The van der Waals surface area contributed by atoms with Crippen molar-refractivity contribution >= 4 is 28.8 Å². The molecule has 194 valence electrons. The molecule has 8 heteroatoms. The van der Waals surface area contributed by atoms with E-state index in [-0.39, 0.29) is 36.5 Å². The highest BCUT2D eigenvalue weighted by atomic mass is 32.1. The van der Waals surface area contributed by atoms with E-state index < -0.39 is 0 Å². The molecule has 4 atom stereocenters. The summed E-state index contributed by atoms with van der Waals surface area (Å²) in [6, 6.07) is 7.93. The molecule has 2 fully saturated rings. The summed E-state index contributed by atoms with van der Waals surface area (Å²) in [5.41, 5.74) is 4.44. The van der Waals surface area contributed by atoms with Gasteiger partial charge in [-0.25, -0.2) is 0 Å². The first kappa shape index (κ1) is 25.4. The molecule has 3 heterocycles. The lowest BCUT2D eigenvalue weighted by atomic mass is 9.84. The average molecular weight is 511 g/mol. The summed E-state index contributed by atoms with van der Waals surface area (Å²) < 4.78 is 0. The Morgan fingerprint density at radius 2 is 2.08 bits per heavy atom. The predicted molar refractivity (Wildman–Crippen MR) is 144 cm³/mol. The quantitative estimate of drug-likeness (QED) is 0.478. The van der Waals surface area contributed by atoms with E-state index in [1.54, 1.807) is 11.3 Å². The van der Waals surface area contributed by atoms with Crippen molar-refractivity contribution in [3.63, 3.8) is 0 Å². The number of aryl methyl sites for hydroxylation is 2. The van der Waals surface area contributed by atoms with Crippen LogP contribution in [0.15, 0.2) is 24.3 Å². The van der Waals surface area contributed by atoms with Crippen LogP contribution in [0, 0.1) is 12.8 Å². The fourth-order valence-electron chi connectivity index (χ4n) is 5.99. The SMILES string of the molecule is Cc1c(NC(=O)c2cc3c(s2)CCCC3)cccc1C1CC(NC2CCC(CO)CN2)C(=O)N(C)C1. The summed E-state index contributed by atoms with van der Waals surface area (Å²) in [5, 5.41) is 19.5. The van der Waals surface area contributed by atoms with Crippen LogP contribution in [0.3, 0.4) is 0 Å². The summed E-state index contributed by atoms with van der Waals surface area (Å²) in [6.07, 6.45) is 7.24. The Labute approximate surface area is 217 Å². The van der Waals surface area contributed by atoms with E-state index in [0.29, 0.717) is 12.5 Å². The molecular weight excluding hydrogens is 472 g/mol. The van der Waals surface area contributed by atoms with Crippen LogP contribution in [0.2, 0.25) is 0 Å². The molecule has 7 nitrogen and oxygen atoms in total. The number of aliphatic hydroxyl groups excluding tert-OH is 1. The van der Waals surface area contributed by atoms with Gasteiger partial charge in [-0.2, -0.15) is 0 Å². The first-order valence-electron chi connectivity index (χ1n) is 13.3. The molecule has 0 spiro atoms. The molecule has 3 aliphatic rings. The molecule has 5 rings (SSSR count). The number of fused-ring (bicyclic) bond motifs is 1. The second-order valence-corrected chi connectivity index (χ2v) is 11.8. The molecule has 1 aromatic heterocycles. The molecule has 1 aromatic carbocycles. The van der Waals surface area contributed by atoms with Crippen LogP contribution in [-0.2, 0) is 17.6 Å². The van der Waals surface area contributed by atoms with E-state index in [1.165, 1.54) is 28.8 Å². The van der Waals surface area contributed by atoms with Crippen LogP contribution in [-0.4, -0.2) is 60.8 Å². The minimum absolute atomic E-state index is 0.0327.